The van der Waals surface area contributed by atoms with Crippen LogP contribution in [-0.4, -0.2) is 32.3 Å². The Balaban J connectivity index is 1.51. The van der Waals surface area contributed by atoms with E-state index >= 15 is 0 Å². The van der Waals surface area contributed by atoms with E-state index in [1.54, 1.807) is 11.3 Å². The monoisotopic (exact) mass is 436 g/mol. The summed E-state index contributed by atoms with van der Waals surface area (Å²) in [6, 6.07) is 13.8. The highest BCUT2D eigenvalue weighted by atomic mass is 35.5. The first-order valence-corrected chi connectivity index (χ1v) is 11.2. The van der Waals surface area contributed by atoms with E-state index in [1.165, 1.54) is 0 Å². The number of aromatic amines is 1. The lowest BCUT2D eigenvalue weighted by molar-refractivity contribution is 0.0726. The number of aryl methyl sites for hydroxylation is 2. The van der Waals surface area contributed by atoms with Gasteiger partial charge in [0.05, 0.1) is 27.0 Å². The van der Waals surface area contributed by atoms with Crippen LogP contribution < -0.4 is 0 Å². The zero-order chi connectivity index (χ0) is 20.8. The van der Waals surface area contributed by atoms with Gasteiger partial charge in [-0.15, -0.1) is 11.3 Å². The molecule has 1 saturated heterocycles. The molecule has 2 aromatic carbocycles. The normalized spacial score (nSPS) is 16.5. The van der Waals surface area contributed by atoms with Crippen LogP contribution in [-0.2, 0) is 0 Å². The lowest BCUT2D eigenvalue weighted by Gasteiger charge is -2.22. The average molecular weight is 437 g/mol. The fourth-order valence-electron chi connectivity index (χ4n) is 4.10. The number of hydrogen-bond acceptors (Lipinski definition) is 4. The van der Waals surface area contributed by atoms with Crippen LogP contribution in [0, 0.1) is 13.8 Å². The molecule has 1 fully saturated rings. The van der Waals surface area contributed by atoms with E-state index < -0.39 is 0 Å². The van der Waals surface area contributed by atoms with E-state index in [0.29, 0.717) is 17.3 Å². The van der Waals surface area contributed by atoms with Crippen molar-refractivity contribution in [2.24, 2.45) is 0 Å². The first-order chi connectivity index (χ1) is 14.5. The molecule has 4 aromatic rings. The molecule has 1 aliphatic rings. The Morgan fingerprint density at radius 2 is 2.00 bits per heavy atom. The van der Waals surface area contributed by atoms with Crippen molar-refractivity contribution in [1.29, 1.82) is 0 Å². The molecule has 0 saturated carbocycles. The van der Waals surface area contributed by atoms with Gasteiger partial charge in [-0.25, -0.2) is 9.97 Å². The number of aromatic nitrogens is 3. The van der Waals surface area contributed by atoms with Gasteiger partial charge in [-0.3, -0.25) is 4.79 Å². The Morgan fingerprint density at radius 1 is 1.20 bits per heavy atom. The number of carbonyl (C=O) groups excluding carboxylic acids is 1. The number of hydrogen-bond donors (Lipinski definition) is 1. The SMILES string of the molecule is Cc1nc(C(=O)N2CCC[C@H]2c2nc3cc(Cl)c(C)cc3[nH]2)c(-c2ccccc2)s1. The van der Waals surface area contributed by atoms with Crippen molar-refractivity contribution in [3.63, 3.8) is 0 Å². The number of carbonyl (C=O) groups is 1. The van der Waals surface area contributed by atoms with E-state index in [2.05, 4.69) is 9.97 Å². The summed E-state index contributed by atoms with van der Waals surface area (Å²) >= 11 is 7.83. The Kier molecular flexibility index (Phi) is 4.83. The fourth-order valence-corrected chi connectivity index (χ4v) is 5.18. The van der Waals surface area contributed by atoms with Crippen molar-refractivity contribution in [3.8, 4) is 10.4 Å². The van der Waals surface area contributed by atoms with Crippen molar-refractivity contribution < 1.29 is 4.79 Å². The number of imidazole rings is 1. The molecule has 2 aromatic heterocycles. The van der Waals surface area contributed by atoms with E-state index in [-0.39, 0.29) is 11.9 Å². The first-order valence-electron chi connectivity index (χ1n) is 10.0. The number of rotatable bonds is 3. The number of amides is 1. The van der Waals surface area contributed by atoms with Gasteiger partial charge in [0.2, 0.25) is 0 Å². The lowest BCUT2D eigenvalue weighted by Crippen LogP contribution is -2.31. The Hall–Kier alpha value is -2.70. The molecule has 30 heavy (non-hydrogen) atoms. The van der Waals surface area contributed by atoms with Gasteiger partial charge >= 0.3 is 0 Å². The third kappa shape index (κ3) is 3.30. The van der Waals surface area contributed by atoms with Crippen LogP contribution >= 0.6 is 22.9 Å². The van der Waals surface area contributed by atoms with Gasteiger partial charge in [0.25, 0.3) is 5.91 Å². The molecule has 0 aliphatic carbocycles. The highest BCUT2D eigenvalue weighted by Crippen LogP contribution is 2.36. The first kappa shape index (κ1) is 19.3. The van der Waals surface area contributed by atoms with Gasteiger partial charge < -0.3 is 9.88 Å². The molecule has 3 heterocycles. The lowest BCUT2D eigenvalue weighted by atomic mass is 10.1. The molecule has 5 nitrogen and oxygen atoms in total. The third-order valence-electron chi connectivity index (χ3n) is 5.58. The summed E-state index contributed by atoms with van der Waals surface area (Å²) in [5.74, 6) is 0.779. The van der Waals surface area contributed by atoms with E-state index in [1.807, 2.05) is 61.2 Å². The zero-order valence-corrected chi connectivity index (χ0v) is 18.3. The average Bonchev–Trinajstić information content (AvgIpc) is 3.46. The number of likely N-dealkylation sites (tertiary alicyclic amines) is 1. The van der Waals surface area contributed by atoms with Crippen molar-refractivity contribution in [1.82, 2.24) is 19.9 Å². The van der Waals surface area contributed by atoms with Crippen LogP contribution in [0.15, 0.2) is 42.5 Å². The standard InChI is InChI=1S/C23H21ClN4OS/c1-13-11-17-18(12-16(13)24)27-22(26-17)19-9-6-10-28(19)23(29)20-21(30-14(2)25-20)15-7-4-3-5-8-15/h3-5,7-8,11-12,19H,6,9-10H2,1-2H3,(H,26,27)/t19-/m0/s1. The van der Waals surface area contributed by atoms with Gasteiger partial charge in [0, 0.05) is 11.6 Å². The van der Waals surface area contributed by atoms with Crippen molar-refractivity contribution in [2.75, 3.05) is 6.54 Å². The fraction of sp³-hybridized carbons (Fsp3) is 0.261. The Bertz CT molecular complexity index is 1210. The summed E-state index contributed by atoms with van der Waals surface area (Å²) in [6.45, 7) is 4.62. The van der Waals surface area contributed by atoms with Crippen molar-refractivity contribution in [2.45, 2.75) is 32.7 Å². The highest BCUT2D eigenvalue weighted by Gasteiger charge is 2.35. The summed E-state index contributed by atoms with van der Waals surface area (Å²) in [5, 5.41) is 1.59. The van der Waals surface area contributed by atoms with Gasteiger partial charge in [-0.2, -0.15) is 0 Å². The van der Waals surface area contributed by atoms with E-state index in [0.717, 1.165) is 50.7 Å². The molecule has 0 unspecified atom stereocenters. The topological polar surface area (TPSA) is 61.9 Å². The second-order valence-electron chi connectivity index (χ2n) is 7.67. The molecule has 0 bridgehead atoms. The van der Waals surface area contributed by atoms with Gasteiger partial charge in [-0.05, 0) is 49.9 Å². The molecule has 1 aliphatic heterocycles. The molecule has 152 valence electrons. The summed E-state index contributed by atoms with van der Waals surface area (Å²) in [5.41, 5.74) is 4.33. The minimum atomic E-state index is -0.0883. The quantitative estimate of drug-likeness (QED) is 0.432. The number of nitrogens with one attached hydrogen (secondary N) is 1. The molecular formula is C23H21ClN4OS. The van der Waals surface area contributed by atoms with Gasteiger partial charge in [-0.1, -0.05) is 41.9 Å². The largest absolute Gasteiger partial charge is 0.340 e. The summed E-state index contributed by atoms with van der Waals surface area (Å²) in [7, 11) is 0. The zero-order valence-electron chi connectivity index (χ0n) is 16.8. The molecule has 1 atom stereocenters. The maximum Gasteiger partial charge on any atom is 0.274 e. The predicted octanol–water partition coefficient (Wildman–Crippen LogP) is 5.93. The van der Waals surface area contributed by atoms with Crippen LogP contribution in [0.1, 0.15) is 45.8 Å². The number of thiazole rings is 1. The maximum absolute atomic E-state index is 13.6. The number of nitrogens with zero attached hydrogens (tertiary/aromatic N) is 3. The molecule has 0 radical (unpaired) electrons. The third-order valence-corrected chi connectivity index (χ3v) is 7.01. The minimum absolute atomic E-state index is 0.0321. The van der Waals surface area contributed by atoms with Crippen molar-refractivity contribution in [3.05, 3.63) is 69.6 Å². The molecule has 0 spiro atoms. The van der Waals surface area contributed by atoms with E-state index in [9.17, 15) is 4.79 Å². The molecule has 7 heteroatoms. The van der Waals surface area contributed by atoms with Crippen molar-refractivity contribution >= 4 is 39.9 Å². The maximum atomic E-state index is 13.6. The molecule has 1 N–H and O–H groups in total. The van der Waals surface area contributed by atoms with Gasteiger partial charge in [0.1, 0.15) is 11.5 Å². The minimum Gasteiger partial charge on any atom is -0.340 e. The van der Waals surface area contributed by atoms with Crippen LogP contribution in [0.3, 0.4) is 0 Å². The van der Waals surface area contributed by atoms with Crippen LogP contribution in [0.5, 0.6) is 0 Å². The summed E-state index contributed by atoms with van der Waals surface area (Å²) in [6.07, 6.45) is 1.82. The van der Waals surface area contributed by atoms with E-state index in [4.69, 9.17) is 16.6 Å². The summed E-state index contributed by atoms with van der Waals surface area (Å²) < 4.78 is 0. The van der Waals surface area contributed by atoms with Gasteiger partial charge in [0.15, 0.2) is 0 Å². The number of halogens is 1. The summed E-state index contributed by atoms with van der Waals surface area (Å²) in [4.78, 5) is 29.2. The Labute approximate surface area is 183 Å². The van der Waals surface area contributed by atoms with Crippen LogP contribution in [0.4, 0.5) is 0 Å². The smallest absolute Gasteiger partial charge is 0.274 e. The van der Waals surface area contributed by atoms with Crippen LogP contribution in [0.25, 0.3) is 21.5 Å². The number of fused-ring (bicyclic) bond motifs is 1. The molecule has 5 rings (SSSR count). The second-order valence-corrected chi connectivity index (χ2v) is 9.28. The molecular weight excluding hydrogens is 416 g/mol. The Morgan fingerprint density at radius 3 is 2.80 bits per heavy atom. The highest BCUT2D eigenvalue weighted by molar-refractivity contribution is 7.15. The van der Waals surface area contributed by atoms with Crippen LogP contribution in [0.2, 0.25) is 5.02 Å². The molecule has 1 amide bonds. The predicted molar refractivity (Wildman–Crippen MR) is 121 cm³/mol. The number of benzene rings is 2. The number of H-pyrrole nitrogens is 1. The second kappa shape index (κ2) is 7.52.